The van der Waals surface area contributed by atoms with Gasteiger partial charge < -0.3 is 15.3 Å². The van der Waals surface area contributed by atoms with Gasteiger partial charge in [-0.1, -0.05) is 12.8 Å². The molecule has 1 rings (SSSR count). The van der Waals surface area contributed by atoms with Crippen LogP contribution in [0.3, 0.4) is 0 Å². The second-order valence-electron chi connectivity index (χ2n) is 6.41. The van der Waals surface area contributed by atoms with Crippen LogP contribution in [0.1, 0.15) is 52.4 Å². The van der Waals surface area contributed by atoms with Crippen molar-refractivity contribution in [3.8, 4) is 0 Å². The van der Waals surface area contributed by atoms with Crippen LogP contribution in [0, 0.1) is 11.8 Å². The first-order valence-corrected chi connectivity index (χ1v) is 8.14. The highest BCUT2D eigenvalue weighted by Crippen LogP contribution is 2.30. The van der Waals surface area contributed by atoms with Gasteiger partial charge in [-0.25, -0.2) is 0 Å². The van der Waals surface area contributed by atoms with Gasteiger partial charge in [0.1, 0.15) is 0 Å². The average Bonchev–Trinajstić information content (AvgIpc) is 2.46. The molecule has 0 aromatic heterocycles. The lowest BCUT2D eigenvalue weighted by molar-refractivity contribution is -0.148. The lowest BCUT2D eigenvalue weighted by atomic mass is 9.78. The van der Waals surface area contributed by atoms with Crippen LogP contribution in [-0.2, 0) is 9.59 Å². The van der Waals surface area contributed by atoms with Gasteiger partial charge in [0.25, 0.3) is 0 Å². The minimum Gasteiger partial charge on any atom is -0.481 e. The topological polar surface area (TPSA) is 69.6 Å². The normalized spacial score (nSPS) is 22.5. The largest absolute Gasteiger partial charge is 0.481 e. The van der Waals surface area contributed by atoms with Crippen LogP contribution in [0.2, 0.25) is 0 Å². The van der Waals surface area contributed by atoms with Gasteiger partial charge in [0.05, 0.1) is 11.8 Å². The number of hydrogen-bond donors (Lipinski definition) is 2. The van der Waals surface area contributed by atoms with Crippen LogP contribution in [0.5, 0.6) is 0 Å². The van der Waals surface area contributed by atoms with E-state index in [4.69, 9.17) is 0 Å². The van der Waals surface area contributed by atoms with E-state index in [-0.39, 0.29) is 11.8 Å². The fourth-order valence-electron chi connectivity index (χ4n) is 2.83. The Kier molecular flexibility index (Phi) is 7.72. The van der Waals surface area contributed by atoms with Crippen molar-refractivity contribution < 1.29 is 14.7 Å². The second kappa shape index (κ2) is 9.03. The molecule has 1 amide bonds. The van der Waals surface area contributed by atoms with Crippen LogP contribution in [0.4, 0.5) is 0 Å². The van der Waals surface area contributed by atoms with E-state index in [2.05, 4.69) is 31.1 Å². The monoisotopic (exact) mass is 298 g/mol. The van der Waals surface area contributed by atoms with Gasteiger partial charge in [0.15, 0.2) is 0 Å². The highest BCUT2D eigenvalue weighted by Gasteiger charge is 2.35. The standard InChI is InChI=1S/C16H30N2O3/c1-12(2)18(3)11-7-6-10-17-15(19)13-8-4-5-9-14(13)16(20)21/h12-14H,4-11H2,1-3H3,(H,17,19)(H,20,21). The number of nitrogens with zero attached hydrogens (tertiary/aromatic N) is 1. The first-order valence-electron chi connectivity index (χ1n) is 8.14. The van der Waals surface area contributed by atoms with Gasteiger partial charge in [0.2, 0.25) is 5.91 Å². The predicted molar refractivity (Wildman–Crippen MR) is 83.1 cm³/mol. The molecule has 2 atom stereocenters. The Labute approximate surface area is 128 Å². The molecular weight excluding hydrogens is 268 g/mol. The Bertz CT molecular complexity index is 344. The zero-order valence-corrected chi connectivity index (χ0v) is 13.6. The van der Waals surface area contributed by atoms with Crippen molar-refractivity contribution in [1.29, 1.82) is 0 Å². The summed E-state index contributed by atoms with van der Waals surface area (Å²) < 4.78 is 0. The molecule has 1 fully saturated rings. The number of hydrogen-bond acceptors (Lipinski definition) is 3. The summed E-state index contributed by atoms with van der Waals surface area (Å²) in [6.45, 7) is 6.00. The van der Waals surface area contributed by atoms with Crippen LogP contribution >= 0.6 is 0 Å². The molecule has 0 radical (unpaired) electrons. The average molecular weight is 298 g/mol. The number of amides is 1. The number of carboxylic acids is 1. The molecule has 2 unspecified atom stereocenters. The Morgan fingerprint density at radius 1 is 1.19 bits per heavy atom. The summed E-state index contributed by atoms with van der Waals surface area (Å²) in [4.78, 5) is 25.6. The van der Waals surface area contributed by atoms with Gasteiger partial charge in [-0.15, -0.1) is 0 Å². The first kappa shape index (κ1) is 18.0. The molecular formula is C16H30N2O3. The van der Waals surface area contributed by atoms with E-state index >= 15 is 0 Å². The molecule has 0 bridgehead atoms. The summed E-state index contributed by atoms with van der Waals surface area (Å²) in [6.07, 6.45) is 5.20. The molecule has 0 heterocycles. The molecule has 1 saturated carbocycles. The Balaban J connectivity index is 2.25. The van der Waals surface area contributed by atoms with Crippen LogP contribution in [-0.4, -0.2) is 48.1 Å². The number of carboxylic acid groups (broad SMARTS) is 1. The highest BCUT2D eigenvalue weighted by molar-refractivity contribution is 5.84. The van der Waals surface area contributed by atoms with Crippen molar-refractivity contribution in [3.05, 3.63) is 0 Å². The van der Waals surface area contributed by atoms with E-state index in [1.54, 1.807) is 0 Å². The van der Waals surface area contributed by atoms with Crippen molar-refractivity contribution in [1.82, 2.24) is 10.2 Å². The molecule has 0 aliphatic heterocycles. The maximum absolute atomic E-state index is 12.1. The number of carbonyl (C=O) groups excluding carboxylic acids is 1. The van der Waals surface area contributed by atoms with Crippen molar-refractivity contribution >= 4 is 11.9 Å². The van der Waals surface area contributed by atoms with Crippen molar-refractivity contribution in [2.24, 2.45) is 11.8 Å². The van der Waals surface area contributed by atoms with Crippen LogP contribution < -0.4 is 5.32 Å². The molecule has 5 heteroatoms. The summed E-state index contributed by atoms with van der Waals surface area (Å²) in [5, 5.41) is 12.1. The molecule has 0 spiro atoms. The van der Waals surface area contributed by atoms with E-state index in [0.717, 1.165) is 32.2 Å². The molecule has 21 heavy (non-hydrogen) atoms. The van der Waals surface area contributed by atoms with Gasteiger partial charge in [-0.3, -0.25) is 9.59 Å². The van der Waals surface area contributed by atoms with E-state index in [1.807, 2.05) is 0 Å². The first-order chi connectivity index (χ1) is 9.93. The number of carbonyl (C=O) groups is 2. The number of nitrogens with one attached hydrogen (secondary N) is 1. The van der Waals surface area contributed by atoms with E-state index in [9.17, 15) is 14.7 Å². The Hall–Kier alpha value is -1.10. The number of aliphatic carboxylic acids is 1. The summed E-state index contributed by atoms with van der Waals surface area (Å²) in [5.74, 6) is -1.73. The minimum absolute atomic E-state index is 0.0701. The third-order valence-corrected chi connectivity index (χ3v) is 4.54. The minimum atomic E-state index is -0.826. The SMILES string of the molecule is CC(C)N(C)CCCCNC(=O)C1CCCCC1C(=O)O. The summed E-state index contributed by atoms with van der Waals surface area (Å²) in [6, 6.07) is 0.540. The second-order valence-corrected chi connectivity index (χ2v) is 6.41. The lowest BCUT2D eigenvalue weighted by Crippen LogP contribution is -2.40. The number of rotatable bonds is 8. The molecule has 0 saturated heterocycles. The summed E-state index contributed by atoms with van der Waals surface area (Å²) >= 11 is 0. The maximum Gasteiger partial charge on any atom is 0.307 e. The Morgan fingerprint density at radius 2 is 1.81 bits per heavy atom. The maximum atomic E-state index is 12.1. The fourth-order valence-corrected chi connectivity index (χ4v) is 2.83. The van der Waals surface area contributed by atoms with Crippen LogP contribution in [0.25, 0.3) is 0 Å². The Morgan fingerprint density at radius 3 is 2.38 bits per heavy atom. The van der Waals surface area contributed by atoms with Gasteiger partial charge in [-0.05, 0) is 53.1 Å². The van der Waals surface area contributed by atoms with Gasteiger partial charge in [0, 0.05) is 12.6 Å². The fraction of sp³-hybridized carbons (Fsp3) is 0.875. The molecule has 2 N–H and O–H groups in total. The molecule has 122 valence electrons. The zero-order chi connectivity index (χ0) is 15.8. The van der Waals surface area contributed by atoms with Crippen molar-refractivity contribution in [3.63, 3.8) is 0 Å². The number of unbranched alkanes of at least 4 members (excludes halogenated alkanes) is 1. The van der Waals surface area contributed by atoms with E-state index in [0.29, 0.717) is 25.4 Å². The van der Waals surface area contributed by atoms with E-state index < -0.39 is 11.9 Å². The molecule has 0 aromatic carbocycles. The highest BCUT2D eigenvalue weighted by atomic mass is 16.4. The van der Waals surface area contributed by atoms with Crippen molar-refractivity contribution in [2.45, 2.75) is 58.4 Å². The lowest BCUT2D eigenvalue weighted by Gasteiger charge is -2.27. The van der Waals surface area contributed by atoms with E-state index in [1.165, 1.54) is 0 Å². The third kappa shape index (κ3) is 6.04. The quantitative estimate of drug-likeness (QED) is 0.673. The van der Waals surface area contributed by atoms with Gasteiger partial charge >= 0.3 is 5.97 Å². The molecule has 1 aliphatic rings. The van der Waals surface area contributed by atoms with Gasteiger partial charge in [-0.2, -0.15) is 0 Å². The predicted octanol–water partition coefficient (Wildman–Crippen LogP) is 2.11. The molecule has 5 nitrogen and oxygen atoms in total. The van der Waals surface area contributed by atoms with Crippen molar-refractivity contribution in [2.75, 3.05) is 20.1 Å². The molecule has 1 aliphatic carbocycles. The third-order valence-electron chi connectivity index (χ3n) is 4.54. The summed E-state index contributed by atoms with van der Waals surface area (Å²) in [5.41, 5.74) is 0. The zero-order valence-electron chi connectivity index (χ0n) is 13.6. The summed E-state index contributed by atoms with van der Waals surface area (Å²) in [7, 11) is 2.10. The smallest absolute Gasteiger partial charge is 0.307 e. The van der Waals surface area contributed by atoms with Crippen LogP contribution in [0.15, 0.2) is 0 Å². The molecule has 0 aromatic rings.